The van der Waals surface area contributed by atoms with Crippen LogP contribution in [0.5, 0.6) is 17.2 Å². The summed E-state index contributed by atoms with van der Waals surface area (Å²) in [6.45, 7) is 5.39. The minimum absolute atomic E-state index is 0.0237. The SMILES string of the molecule is C=CCOC12Oc3ccc(Oc4cccc(C=O)c4)cc3C3C(CCCCO)C(CCCCO)C=C(C(=NOC4CCCCO4)CC1SC1CCCC1)C32. The average Bonchev–Trinajstić information content (AvgIpc) is 3.72. The van der Waals surface area contributed by atoms with E-state index in [4.69, 9.17) is 28.9 Å². The Bertz CT molecular complexity index is 1630. The molecule has 0 amide bonds. The van der Waals surface area contributed by atoms with E-state index < -0.39 is 5.79 Å². The molecule has 7 unspecified atom stereocenters. The van der Waals surface area contributed by atoms with E-state index in [0.29, 0.717) is 41.9 Å². The number of fused-ring (bicyclic) bond motifs is 2. The van der Waals surface area contributed by atoms with Crippen molar-refractivity contribution in [1.29, 1.82) is 0 Å². The third kappa shape index (κ3) is 8.63. The Morgan fingerprint density at radius 3 is 2.52 bits per heavy atom. The molecular weight excluding hydrogens is 703 g/mol. The van der Waals surface area contributed by atoms with Crippen LogP contribution in [0.15, 0.2) is 71.9 Å². The quantitative estimate of drug-likeness (QED) is 0.0665. The summed E-state index contributed by atoms with van der Waals surface area (Å²) in [6.07, 6.45) is 18.2. The first-order valence-corrected chi connectivity index (χ1v) is 21.3. The summed E-state index contributed by atoms with van der Waals surface area (Å²) < 4.78 is 26.8. The van der Waals surface area contributed by atoms with E-state index in [2.05, 4.69) is 18.7 Å². The normalized spacial score (nSPS) is 29.8. The number of hydrogen-bond acceptors (Lipinski definition) is 10. The van der Waals surface area contributed by atoms with Crippen molar-refractivity contribution in [2.45, 2.75) is 118 Å². The minimum atomic E-state index is -0.989. The summed E-state index contributed by atoms with van der Waals surface area (Å²) >= 11 is 2.00. The highest BCUT2D eigenvalue weighted by Gasteiger charge is 2.64. The molecule has 0 spiro atoms. The lowest BCUT2D eigenvalue weighted by atomic mass is 9.56. The van der Waals surface area contributed by atoms with Crippen LogP contribution in [-0.2, 0) is 14.3 Å². The van der Waals surface area contributed by atoms with E-state index in [1.807, 2.05) is 42.1 Å². The number of oxime groups is 1. The summed E-state index contributed by atoms with van der Waals surface area (Å²) in [5, 5.41) is 25.2. The molecule has 7 rings (SSSR count). The van der Waals surface area contributed by atoms with Gasteiger partial charge in [-0.3, -0.25) is 4.79 Å². The van der Waals surface area contributed by atoms with Crippen molar-refractivity contribution in [2.75, 3.05) is 26.4 Å². The molecular formula is C44H57NO8S. The number of carbonyl (C=O) groups excluding carboxylic acids is 1. The first kappa shape index (κ1) is 39.1. The molecule has 3 aliphatic carbocycles. The summed E-state index contributed by atoms with van der Waals surface area (Å²) in [6, 6.07) is 13.3. The highest BCUT2D eigenvalue weighted by molar-refractivity contribution is 8.00. The third-order valence-electron chi connectivity index (χ3n) is 11.9. The van der Waals surface area contributed by atoms with Crippen molar-refractivity contribution in [3.05, 3.63) is 77.9 Å². The van der Waals surface area contributed by atoms with Crippen LogP contribution in [-0.4, -0.2) is 71.2 Å². The van der Waals surface area contributed by atoms with E-state index >= 15 is 0 Å². The number of aldehydes is 1. The number of ether oxygens (including phenoxy) is 4. The van der Waals surface area contributed by atoms with Gasteiger partial charge in [0.2, 0.25) is 12.1 Å². The fourth-order valence-corrected chi connectivity index (χ4v) is 11.2. The molecule has 5 aliphatic rings. The van der Waals surface area contributed by atoms with E-state index in [-0.39, 0.29) is 48.4 Å². The molecule has 9 nitrogen and oxygen atoms in total. The zero-order chi connectivity index (χ0) is 37.3. The molecule has 292 valence electrons. The maximum atomic E-state index is 11.6. The number of nitrogens with zero attached hydrogens (tertiary/aromatic N) is 1. The lowest BCUT2D eigenvalue weighted by Crippen LogP contribution is -2.64. The molecule has 7 atom stereocenters. The van der Waals surface area contributed by atoms with Crippen LogP contribution >= 0.6 is 11.8 Å². The fourth-order valence-electron chi connectivity index (χ4n) is 9.47. The van der Waals surface area contributed by atoms with Gasteiger partial charge < -0.3 is 34.0 Å². The maximum Gasteiger partial charge on any atom is 0.230 e. The number of aliphatic hydroxyl groups is 2. The van der Waals surface area contributed by atoms with Gasteiger partial charge in [0, 0.05) is 48.4 Å². The molecule has 2 saturated carbocycles. The van der Waals surface area contributed by atoms with Crippen LogP contribution in [0, 0.1) is 17.8 Å². The molecule has 10 heteroatoms. The topological polar surface area (TPSA) is 116 Å². The summed E-state index contributed by atoms with van der Waals surface area (Å²) in [5.41, 5.74) is 3.68. The van der Waals surface area contributed by atoms with Crippen molar-refractivity contribution in [3.8, 4) is 17.2 Å². The van der Waals surface area contributed by atoms with E-state index in [1.165, 1.54) is 25.7 Å². The summed E-state index contributed by atoms with van der Waals surface area (Å²) in [5.74, 6) is 1.23. The Morgan fingerprint density at radius 2 is 1.76 bits per heavy atom. The number of allylic oxidation sites excluding steroid dienone is 1. The first-order chi connectivity index (χ1) is 26.6. The number of benzene rings is 2. The van der Waals surface area contributed by atoms with E-state index in [9.17, 15) is 15.0 Å². The Hall–Kier alpha value is -3.15. The van der Waals surface area contributed by atoms with Gasteiger partial charge in [-0.1, -0.05) is 55.1 Å². The molecule has 3 fully saturated rings. The van der Waals surface area contributed by atoms with E-state index in [1.54, 1.807) is 12.1 Å². The maximum absolute atomic E-state index is 11.6. The predicted octanol–water partition coefficient (Wildman–Crippen LogP) is 9.13. The van der Waals surface area contributed by atoms with Crippen LogP contribution in [0.3, 0.4) is 0 Å². The Morgan fingerprint density at radius 1 is 0.963 bits per heavy atom. The van der Waals surface area contributed by atoms with Crippen molar-refractivity contribution >= 4 is 23.8 Å². The van der Waals surface area contributed by atoms with Crippen LogP contribution in [0.25, 0.3) is 0 Å². The minimum Gasteiger partial charge on any atom is -0.460 e. The van der Waals surface area contributed by atoms with Gasteiger partial charge in [0.15, 0.2) is 0 Å². The number of unbranched alkanes of at least 4 members (excludes halogenated alkanes) is 2. The molecule has 0 bridgehead atoms. The van der Waals surface area contributed by atoms with Gasteiger partial charge in [-0.15, -0.1) is 18.3 Å². The number of hydrogen-bond donors (Lipinski definition) is 2. The Balaban J connectivity index is 1.38. The van der Waals surface area contributed by atoms with Gasteiger partial charge in [0.25, 0.3) is 0 Å². The Kier molecular flexibility index (Phi) is 13.5. The van der Waals surface area contributed by atoms with Gasteiger partial charge in [-0.25, -0.2) is 0 Å². The van der Waals surface area contributed by atoms with Crippen molar-refractivity contribution in [3.63, 3.8) is 0 Å². The molecule has 2 heterocycles. The smallest absolute Gasteiger partial charge is 0.230 e. The van der Waals surface area contributed by atoms with Crippen LogP contribution < -0.4 is 9.47 Å². The third-order valence-corrected chi connectivity index (χ3v) is 13.6. The molecule has 2 aromatic carbocycles. The van der Waals surface area contributed by atoms with Crippen molar-refractivity contribution in [2.24, 2.45) is 22.9 Å². The van der Waals surface area contributed by atoms with E-state index in [0.717, 1.165) is 86.7 Å². The largest absolute Gasteiger partial charge is 0.460 e. The second kappa shape index (κ2) is 18.7. The van der Waals surface area contributed by atoms with Crippen molar-refractivity contribution < 1.29 is 38.8 Å². The summed E-state index contributed by atoms with van der Waals surface area (Å²) in [4.78, 5) is 17.8. The number of carbonyl (C=O) groups is 1. The summed E-state index contributed by atoms with van der Waals surface area (Å²) in [7, 11) is 0. The molecule has 2 aromatic rings. The number of aliphatic hydroxyl groups excluding tert-OH is 2. The van der Waals surface area contributed by atoms with Crippen LogP contribution in [0.1, 0.15) is 112 Å². The molecule has 2 aliphatic heterocycles. The molecule has 0 radical (unpaired) electrons. The highest BCUT2D eigenvalue weighted by Crippen LogP contribution is 2.63. The second-order valence-electron chi connectivity index (χ2n) is 15.5. The standard InChI is InChI=1S/C44H57NO8S/c1-2-23-50-44-40(54-34-15-3-4-16-34)28-38(45-53-41-18-7-10-24-49-41)36-26-31(13-5-8-21-46)35(17-6-9-22-47)42(43(36)44)37-27-33(19-20-39(37)52-44)51-32-14-11-12-30(25-32)29-48/h2,11-12,14,19-20,25-27,29,31,34-35,40-43,46-47H,1,3-10,13,15-18,21-24,28H2. The lowest BCUT2D eigenvalue weighted by molar-refractivity contribution is -0.223. The van der Waals surface area contributed by atoms with Crippen LogP contribution in [0.2, 0.25) is 0 Å². The second-order valence-corrected chi connectivity index (χ2v) is 17.0. The number of rotatable bonds is 18. The highest BCUT2D eigenvalue weighted by atomic mass is 32.2. The van der Waals surface area contributed by atoms with Crippen molar-refractivity contribution in [1.82, 2.24) is 0 Å². The van der Waals surface area contributed by atoms with Crippen LogP contribution in [0.4, 0.5) is 0 Å². The molecule has 2 N–H and O–H groups in total. The zero-order valence-corrected chi connectivity index (χ0v) is 32.3. The fraction of sp³-hybridized carbons (Fsp3) is 0.591. The van der Waals surface area contributed by atoms with Gasteiger partial charge in [-0.2, -0.15) is 0 Å². The predicted molar refractivity (Wildman–Crippen MR) is 211 cm³/mol. The monoisotopic (exact) mass is 759 g/mol. The first-order valence-electron chi connectivity index (χ1n) is 20.3. The van der Waals surface area contributed by atoms with Gasteiger partial charge in [0.1, 0.15) is 23.5 Å². The zero-order valence-electron chi connectivity index (χ0n) is 31.4. The molecule has 54 heavy (non-hydrogen) atoms. The molecule has 1 saturated heterocycles. The average molecular weight is 760 g/mol. The van der Waals surface area contributed by atoms with Gasteiger partial charge in [0.05, 0.1) is 30.1 Å². The van der Waals surface area contributed by atoms with Gasteiger partial charge >= 0.3 is 0 Å². The van der Waals surface area contributed by atoms with Gasteiger partial charge in [-0.05, 0) is 99.1 Å². The Labute approximate surface area is 324 Å². The lowest BCUT2D eigenvalue weighted by Gasteiger charge is -2.58. The molecule has 0 aromatic heterocycles. The number of thioether (sulfide) groups is 1.